The summed E-state index contributed by atoms with van der Waals surface area (Å²) in [6.45, 7) is 0. The van der Waals surface area contributed by atoms with Crippen molar-refractivity contribution in [3.63, 3.8) is 0 Å². The Bertz CT molecular complexity index is 1700. The second-order valence-electron chi connectivity index (χ2n) is 7.64. The Kier molecular flexibility index (Phi) is 4.01. The van der Waals surface area contributed by atoms with Crippen LogP contribution in [0, 0.1) is 6.07 Å². The van der Waals surface area contributed by atoms with Gasteiger partial charge in [-0.2, -0.15) is 29.4 Å². The standard InChI is InChI=1S/C27H16N3.Ir/c1-2-13-22-18(9-1)19-10-5-8-16-25(19)30-27(22)26(17-28-30)29-23-14-6-3-11-20(23)21-12-4-7-15-24(21)29;/h1-15,17H;/q-1;. The van der Waals surface area contributed by atoms with E-state index < -0.39 is 0 Å². The zero-order valence-corrected chi connectivity index (χ0v) is 18.8. The van der Waals surface area contributed by atoms with Crippen LogP contribution in [0.2, 0.25) is 0 Å². The van der Waals surface area contributed by atoms with E-state index in [0.29, 0.717) is 0 Å². The maximum atomic E-state index is 4.83. The van der Waals surface area contributed by atoms with Crippen LogP contribution >= 0.6 is 0 Å². The molecule has 0 bridgehead atoms. The van der Waals surface area contributed by atoms with E-state index in [4.69, 9.17) is 5.10 Å². The van der Waals surface area contributed by atoms with E-state index in [9.17, 15) is 0 Å². The van der Waals surface area contributed by atoms with Crippen molar-refractivity contribution < 1.29 is 20.1 Å². The van der Waals surface area contributed by atoms with Gasteiger partial charge in [0.1, 0.15) is 0 Å². The molecule has 31 heavy (non-hydrogen) atoms. The van der Waals surface area contributed by atoms with Crippen molar-refractivity contribution in [2.45, 2.75) is 0 Å². The molecular weight excluding hydrogens is 559 g/mol. The van der Waals surface area contributed by atoms with E-state index in [1.165, 1.54) is 32.6 Å². The smallest absolute Gasteiger partial charge is 0.0952 e. The van der Waals surface area contributed by atoms with Gasteiger partial charge in [-0.3, -0.25) is 4.52 Å². The van der Waals surface area contributed by atoms with Crippen LogP contribution in [0.5, 0.6) is 0 Å². The minimum atomic E-state index is 0. The molecule has 3 aromatic heterocycles. The summed E-state index contributed by atoms with van der Waals surface area (Å²) in [5.74, 6) is 0. The first kappa shape index (κ1) is 18.3. The van der Waals surface area contributed by atoms with Gasteiger partial charge in [0.05, 0.1) is 28.4 Å². The number of para-hydroxylation sites is 3. The van der Waals surface area contributed by atoms with Crippen molar-refractivity contribution in [1.29, 1.82) is 0 Å². The molecule has 0 unspecified atom stereocenters. The van der Waals surface area contributed by atoms with Crippen LogP contribution in [0.1, 0.15) is 0 Å². The number of hydrogen-bond donors (Lipinski definition) is 0. The van der Waals surface area contributed by atoms with E-state index in [2.05, 4.69) is 89.5 Å². The maximum absolute atomic E-state index is 4.83. The van der Waals surface area contributed by atoms with E-state index in [1.807, 2.05) is 22.8 Å². The number of fused-ring (bicyclic) bond motifs is 9. The van der Waals surface area contributed by atoms with Gasteiger partial charge in [0, 0.05) is 30.9 Å². The zero-order valence-electron chi connectivity index (χ0n) is 16.4. The van der Waals surface area contributed by atoms with Crippen LogP contribution in [0.15, 0.2) is 97.2 Å². The predicted molar refractivity (Wildman–Crippen MR) is 123 cm³/mol. The molecule has 3 heterocycles. The van der Waals surface area contributed by atoms with Crippen molar-refractivity contribution in [3.8, 4) is 5.69 Å². The molecule has 0 saturated heterocycles. The first-order valence-corrected chi connectivity index (χ1v) is 10.1. The molecule has 3 nitrogen and oxygen atoms in total. The van der Waals surface area contributed by atoms with Crippen molar-refractivity contribution in [2.24, 2.45) is 0 Å². The second-order valence-corrected chi connectivity index (χ2v) is 7.64. The number of rotatable bonds is 1. The molecule has 0 amide bonds. The normalized spacial score (nSPS) is 11.6. The minimum absolute atomic E-state index is 0. The summed E-state index contributed by atoms with van der Waals surface area (Å²) in [5, 5.41) is 10.9. The summed E-state index contributed by atoms with van der Waals surface area (Å²) in [6.07, 6.45) is 1.99. The van der Waals surface area contributed by atoms with E-state index in [-0.39, 0.29) is 20.1 Å². The van der Waals surface area contributed by atoms with Crippen molar-refractivity contribution >= 4 is 49.0 Å². The Morgan fingerprint density at radius 1 is 0.613 bits per heavy atom. The SMILES string of the molecule is [Ir].[c-]1cccc2c3ccccc3c3c(-n4c5ccccc5c5ccccc54)cnn3c12. The molecule has 0 spiro atoms. The summed E-state index contributed by atoms with van der Waals surface area (Å²) in [5.41, 5.74) is 5.57. The Morgan fingerprint density at radius 3 is 1.90 bits per heavy atom. The molecule has 4 aromatic carbocycles. The minimum Gasteiger partial charge on any atom is -0.306 e. The largest absolute Gasteiger partial charge is 0.306 e. The third-order valence-electron chi connectivity index (χ3n) is 6.09. The van der Waals surface area contributed by atoms with Crippen molar-refractivity contribution in [3.05, 3.63) is 103 Å². The number of hydrogen-bond acceptors (Lipinski definition) is 1. The number of nitrogens with zero attached hydrogens (tertiary/aromatic N) is 3. The average Bonchev–Trinajstić information content (AvgIpc) is 3.39. The molecule has 4 heteroatoms. The first-order valence-electron chi connectivity index (χ1n) is 10.1. The zero-order chi connectivity index (χ0) is 19.7. The van der Waals surface area contributed by atoms with Crippen LogP contribution in [-0.4, -0.2) is 14.2 Å². The van der Waals surface area contributed by atoms with Crippen LogP contribution in [-0.2, 0) is 20.1 Å². The van der Waals surface area contributed by atoms with Gasteiger partial charge in [0.15, 0.2) is 0 Å². The van der Waals surface area contributed by atoms with Crippen LogP contribution in [0.4, 0.5) is 0 Å². The summed E-state index contributed by atoms with van der Waals surface area (Å²) in [6, 6.07) is 35.3. The van der Waals surface area contributed by atoms with E-state index >= 15 is 0 Å². The van der Waals surface area contributed by atoms with Gasteiger partial charge < -0.3 is 4.57 Å². The van der Waals surface area contributed by atoms with Gasteiger partial charge >= 0.3 is 0 Å². The Labute approximate surface area is 191 Å². The second kappa shape index (κ2) is 6.78. The molecule has 0 aliphatic heterocycles. The number of benzene rings is 4. The monoisotopic (exact) mass is 575 g/mol. The summed E-state index contributed by atoms with van der Waals surface area (Å²) >= 11 is 0. The van der Waals surface area contributed by atoms with Crippen LogP contribution in [0.3, 0.4) is 0 Å². The fourth-order valence-electron chi connectivity index (χ4n) is 4.85. The van der Waals surface area contributed by atoms with Gasteiger partial charge in [-0.1, -0.05) is 66.0 Å². The molecule has 0 aliphatic carbocycles. The molecule has 149 valence electrons. The summed E-state index contributed by atoms with van der Waals surface area (Å²) in [4.78, 5) is 0. The summed E-state index contributed by atoms with van der Waals surface area (Å²) in [7, 11) is 0. The van der Waals surface area contributed by atoms with E-state index in [1.54, 1.807) is 0 Å². The molecule has 0 atom stereocenters. The molecule has 7 aromatic rings. The third-order valence-corrected chi connectivity index (χ3v) is 6.09. The molecule has 0 N–H and O–H groups in total. The molecular formula is C27H16IrN3-. The molecule has 0 fully saturated rings. The van der Waals surface area contributed by atoms with Gasteiger partial charge in [-0.25, -0.2) is 0 Å². The first-order chi connectivity index (χ1) is 14.9. The van der Waals surface area contributed by atoms with Crippen molar-refractivity contribution in [1.82, 2.24) is 14.2 Å². The van der Waals surface area contributed by atoms with E-state index in [0.717, 1.165) is 22.1 Å². The van der Waals surface area contributed by atoms with Crippen LogP contribution < -0.4 is 0 Å². The molecule has 7 rings (SSSR count). The molecule has 1 radical (unpaired) electrons. The molecule has 0 saturated carbocycles. The maximum Gasteiger partial charge on any atom is 0.0952 e. The fraction of sp³-hybridized carbons (Fsp3) is 0. The topological polar surface area (TPSA) is 22.2 Å². The van der Waals surface area contributed by atoms with Gasteiger partial charge in [0.2, 0.25) is 0 Å². The van der Waals surface area contributed by atoms with Gasteiger partial charge in [-0.05, 0) is 23.0 Å². The fourth-order valence-corrected chi connectivity index (χ4v) is 4.85. The summed E-state index contributed by atoms with van der Waals surface area (Å²) < 4.78 is 4.38. The van der Waals surface area contributed by atoms with Gasteiger partial charge in [-0.15, -0.1) is 5.39 Å². The number of aromatic nitrogens is 3. The number of pyridine rings is 1. The third kappa shape index (κ3) is 2.40. The Hall–Kier alpha value is -3.46. The van der Waals surface area contributed by atoms with Crippen LogP contribution in [0.25, 0.3) is 54.7 Å². The predicted octanol–water partition coefficient (Wildman–Crippen LogP) is 6.54. The molecule has 0 aliphatic rings. The van der Waals surface area contributed by atoms with Gasteiger partial charge in [0.25, 0.3) is 0 Å². The average molecular weight is 575 g/mol. The van der Waals surface area contributed by atoms with Crippen molar-refractivity contribution in [2.75, 3.05) is 0 Å². The quantitative estimate of drug-likeness (QED) is 0.161. The Morgan fingerprint density at radius 2 is 1.19 bits per heavy atom. The Balaban J connectivity index is 0.00000185.